The van der Waals surface area contributed by atoms with E-state index in [0.29, 0.717) is 39.8 Å². The molecule has 1 amide bonds. The number of anilines is 1. The van der Waals surface area contributed by atoms with Crippen LogP contribution < -0.4 is 9.64 Å². The summed E-state index contributed by atoms with van der Waals surface area (Å²) in [7, 11) is 1.54. The van der Waals surface area contributed by atoms with Gasteiger partial charge in [-0.1, -0.05) is 35.5 Å². The van der Waals surface area contributed by atoms with Crippen LogP contribution in [0.4, 0.5) is 5.69 Å². The molecule has 3 aromatic carbocycles. The Labute approximate surface area is 201 Å². The number of amides is 1. The van der Waals surface area contributed by atoms with Crippen LogP contribution in [0.3, 0.4) is 0 Å². The first-order chi connectivity index (χ1) is 17.0. The third kappa shape index (κ3) is 3.95. The lowest BCUT2D eigenvalue weighted by Gasteiger charge is -2.25. The molecule has 8 heteroatoms. The van der Waals surface area contributed by atoms with Crippen molar-refractivity contribution < 1.29 is 24.0 Å². The van der Waals surface area contributed by atoms with E-state index in [-0.39, 0.29) is 11.3 Å². The van der Waals surface area contributed by atoms with Crippen LogP contribution in [0.25, 0.3) is 17.1 Å². The molecule has 1 aliphatic heterocycles. The van der Waals surface area contributed by atoms with Gasteiger partial charge >= 0.3 is 0 Å². The quantitative estimate of drug-likeness (QED) is 0.258. The maximum atomic E-state index is 13.3. The monoisotopic (exact) mass is 467 g/mol. The smallest absolute Gasteiger partial charge is 0.300 e. The van der Waals surface area contributed by atoms with Crippen molar-refractivity contribution in [2.24, 2.45) is 0 Å². The van der Waals surface area contributed by atoms with Crippen LogP contribution in [-0.2, 0) is 9.59 Å². The number of aryl methyl sites for hydroxylation is 1. The lowest BCUT2D eigenvalue weighted by Crippen LogP contribution is -2.29. The molecule has 0 saturated carbocycles. The maximum Gasteiger partial charge on any atom is 0.300 e. The molecule has 5 rings (SSSR count). The van der Waals surface area contributed by atoms with Gasteiger partial charge in [-0.2, -0.15) is 4.98 Å². The summed E-state index contributed by atoms with van der Waals surface area (Å²) in [6.45, 7) is 1.70. The standard InChI is InChI=1S/C27H21N3O5/c1-16-28-26(29-35-16)19-8-12-20(13-9-19)30-23(17-6-4-3-5-7-17)22(25(32)27(30)33)24(31)18-10-14-21(34-2)15-11-18/h3-15,23,31H,1-2H3/b24-22+. The minimum atomic E-state index is -0.809. The van der Waals surface area contributed by atoms with Crippen molar-refractivity contribution in [1.82, 2.24) is 10.1 Å². The molecule has 1 saturated heterocycles. The van der Waals surface area contributed by atoms with Crippen LogP contribution in [0.5, 0.6) is 5.75 Å². The predicted octanol–water partition coefficient (Wildman–Crippen LogP) is 4.68. The molecule has 8 nitrogen and oxygen atoms in total. The summed E-state index contributed by atoms with van der Waals surface area (Å²) >= 11 is 0. The van der Waals surface area contributed by atoms with Crippen molar-refractivity contribution in [3.63, 3.8) is 0 Å². The van der Waals surface area contributed by atoms with Crippen LogP contribution in [0.1, 0.15) is 23.1 Å². The molecule has 174 valence electrons. The second-order valence-corrected chi connectivity index (χ2v) is 7.99. The number of aliphatic hydroxyl groups excluding tert-OH is 1. The van der Waals surface area contributed by atoms with E-state index in [0.717, 1.165) is 0 Å². The molecule has 0 radical (unpaired) electrons. The molecule has 1 N–H and O–H groups in total. The number of aromatic nitrogens is 2. The van der Waals surface area contributed by atoms with Gasteiger partial charge in [0.2, 0.25) is 11.7 Å². The molecule has 4 aromatic rings. The van der Waals surface area contributed by atoms with Crippen molar-refractivity contribution in [3.8, 4) is 17.1 Å². The molecule has 0 spiro atoms. The summed E-state index contributed by atoms with van der Waals surface area (Å²) in [6.07, 6.45) is 0. The number of methoxy groups -OCH3 is 1. The maximum absolute atomic E-state index is 13.3. The SMILES string of the molecule is COc1ccc(/C(O)=C2\C(=O)C(=O)N(c3ccc(-c4noc(C)n4)cc3)C2c2ccccc2)cc1. The van der Waals surface area contributed by atoms with Crippen LogP contribution >= 0.6 is 0 Å². The highest BCUT2D eigenvalue weighted by Crippen LogP contribution is 2.42. The summed E-state index contributed by atoms with van der Waals surface area (Å²) in [4.78, 5) is 32.1. The van der Waals surface area contributed by atoms with E-state index in [4.69, 9.17) is 9.26 Å². The van der Waals surface area contributed by atoms with E-state index < -0.39 is 17.7 Å². The number of carbonyl (C=O) groups is 2. The number of ether oxygens (including phenoxy) is 1. The summed E-state index contributed by atoms with van der Waals surface area (Å²) in [5, 5.41) is 15.1. The molecule has 0 aliphatic carbocycles. The van der Waals surface area contributed by atoms with Crippen molar-refractivity contribution in [1.29, 1.82) is 0 Å². The number of Topliss-reactive ketones (excluding diaryl/α,β-unsaturated/α-hetero) is 1. The minimum absolute atomic E-state index is 0.0178. The Morgan fingerprint density at radius 3 is 2.26 bits per heavy atom. The van der Waals surface area contributed by atoms with E-state index in [1.54, 1.807) is 62.6 Å². The highest BCUT2D eigenvalue weighted by molar-refractivity contribution is 6.51. The van der Waals surface area contributed by atoms with Gasteiger partial charge in [0.25, 0.3) is 11.7 Å². The number of hydrogen-bond donors (Lipinski definition) is 1. The molecular weight excluding hydrogens is 446 g/mol. The molecular formula is C27H21N3O5. The first-order valence-electron chi connectivity index (χ1n) is 10.9. The Hall–Kier alpha value is -4.72. The minimum Gasteiger partial charge on any atom is -0.507 e. The molecule has 0 bridgehead atoms. The van der Waals surface area contributed by atoms with Crippen molar-refractivity contribution in [2.75, 3.05) is 12.0 Å². The fraction of sp³-hybridized carbons (Fsp3) is 0.111. The average molecular weight is 467 g/mol. The van der Waals surface area contributed by atoms with Crippen LogP contribution in [0, 0.1) is 6.92 Å². The average Bonchev–Trinajstić information content (AvgIpc) is 3.45. The lowest BCUT2D eigenvalue weighted by molar-refractivity contribution is -0.132. The molecule has 1 aliphatic rings. The second kappa shape index (κ2) is 8.90. The highest BCUT2D eigenvalue weighted by Gasteiger charge is 2.46. The van der Waals surface area contributed by atoms with Crippen molar-refractivity contribution in [2.45, 2.75) is 13.0 Å². The Morgan fingerprint density at radius 2 is 1.66 bits per heavy atom. The molecule has 35 heavy (non-hydrogen) atoms. The van der Waals surface area contributed by atoms with Gasteiger partial charge in [-0.3, -0.25) is 14.5 Å². The summed E-state index contributed by atoms with van der Waals surface area (Å²) < 4.78 is 10.2. The van der Waals surface area contributed by atoms with E-state index in [1.807, 2.05) is 30.3 Å². The Kier molecular flexibility index (Phi) is 5.62. The van der Waals surface area contributed by atoms with Gasteiger partial charge in [0, 0.05) is 23.7 Å². The van der Waals surface area contributed by atoms with E-state index >= 15 is 0 Å². The number of aliphatic hydroxyl groups is 1. The molecule has 1 atom stereocenters. The van der Waals surface area contributed by atoms with Gasteiger partial charge < -0.3 is 14.4 Å². The third-order valence-corrected chi connectivity index (χ3v) is 5.85. The highest BCUT2D eigenvalue weighted by atomic mass is 16.5. The number of benzene rings is 3. The topological polar surface area (TPSA) is 106 Å². The Balaban J connectivity index is 1.62. The first kappa shape index (κ1) is 22.1. The van der Waals surface area contributed by atoms with Crippen LogP contribution in [-0.4, -0.2) is 34.0 Å². The van der Waals surface area contributed by atoms with Crippen LogP contribution in [0.2, 0.25) is 0 Å². The zero-order valence-corrected chi connectivity index (χ0v) is 19.0. The zero-order valence-electron chi connectivity index (χ0n) is 19.0. The molecule has 1 unspecified atom stereocenters. The molecule has 1 fully saturated rings. The summed E-state index contributed by atoms with van der Waals surface area (Å²) in [5.74, 6) is -0.255. The molecule has 2 heterocycles. The lowest BCUT2D eigenvalue weighted by atomic mass is 9.95. The fourth-order valence-corrected chi connectivity index (χ4v) is 4.14. The number of ketones is 1. The van der Waals surface area contributed by atoms with Gasteiger partial charge in [0.05, 0.1) is 18.7 Å². The van der Waals surface area contributed by atoms with Gasteiger partial charge in [-0.05, 0) is 54.1 Å². The van der Waals surface area contributed by atoms with Gasteiger partial charge in [-0.25, -0.2) is 0 Å². The number of hydrogen-bond acceptors (Lipinski definition) is 7. The third-order valence-electron chi connectivity index (χ3n) is 5.85. The van der Waals surface area contributed by atoms with Crippen molar-refractivity contribution >= 4 is 23.1 Å². The number of nitrogens with zero attached hydrogens (tertiary/aromatic N) is 3. The first-order valence-corrected chi connectivity index (χ1v) is 10.9. The van der Waals surface area contributed by atoms with Crippen molar-refractivity contribution in [3.05, 3.63) is 101 Å². The fourth-order valence-electron chi connectivity index (χ4n) is 4.14. The number of rotatable bonds is 5. The van der Waals surface area contributed by atoms with Gasteiger partial charge in [0.15, 0.2) is 0 Å². The summed E-state index contributed by atoms with van der Waals surface area (Å²) in [6, 6.07) is 21.9. The Morgan fingerprint density at radius 1 is 0.971 bits per heavy atom. The van der Waals surface area contributed by atoms with Gasteiger partial charge in [0.1, 0.15) is 11.5 Å². The zero-order chi connectivity index (χ0) is 24.5. The predicted molar refractivity (Wildman–Crippen MR) is 129 cm³/mol. The number of carbonyl (C=O) groups excluding carboxylic acids is 2. The summed E-state index contributed by atoms with van der Waals surface area (Å²) in [5.41, 5.74) is 2.33. The second-order valence-electron chi connectivity index (χ2n) is 7.99. The van der Waals surface area contributed by atoms with Crippen LogP contribution in [0.15, 0.2) is 89.0 Å². The Bertz CT molecular complexity index is 1420. The largest absolute Gasteiger partial charge is 0.507 e. The van der Waals surface area contributed by atoms with Gasteiger partial charge in [-0.15, -0.1) is 0 Å². The van der Waals surface area contributed by atoms with E-state index in [9.17, 15) is 14.7 Å². The van der Waals surface area contributed by atoms with E-state index in [2.05, 4.69) is 10.1 Å². The van der Waals surface area contributed by atoms with E-state index in [1.165, 1.54) is 4.90 Å². The molecule has 1 aromatic heterocycles. The normalized spacial score (nSPS) is 17.1.